The van der Waals surface area contributed by atoms with Crippen molar-refractivity contribution in [2.45, 2.75) is 6.92 Å². The highest BCUT2D eigenvalue weighted by molar-refractivity contribution is 9.10. The van der Waals surface area contributed by atoms with Crippen LogP contribution < -0.4 is 0 Å². The molecule has 1 aromatic heterocycles. The van der Waals surface area contributed by atoms with Gasteiger partial charge in [0.2, 0.25) is 0 Å². The summed E-state index contributed by atoms with van der Waals surface area (Å²) < 4.78 is 5.95. The largest absolute Gasteiger partial charge is 0.360 e. The molecule has 65 valence electrons. The van der Waals surface area contributed by atoms with Gasteiger partial charge in [-0.25, -0.2) is 0 Å². The van der Waals surface area contributed by atoms with E-state index in [0.717, 1.165) is 15.7 Å². The quantitative estimate of drug-likeness (QED) is 0.761. The second-order valence-corrected chi connectivity index (χ2v) is 3.55. The van der Waals surface area contributed by atoms with Gasteiger partial charge in [0, 0.05) is 10.0 Å². The van der Waals surface area contributed by atoms with E-state index in [9.17, 15) is 0 Å². The van der Waals surface area contributed by atoms with Gasteiger partial charge in [-0.15, -0.1) is 0 Å². The molecule has 13 heavy (non-hydrogen) atoms. The van der Waals surface area contributed by atoms with Crippen LogP contribution in [0.1, 0.15) is 5.76 Å². The zero-order valence-corrected chi connectivity index (χ0v) is 8.63. The predicted octanol–water partition coefficient (Wildman–Crippen LogP) is 3.21. The third kappa shape index (κ3) is 1.65. The Hall–Kier alpha value is -1.09. The van der Waals surface area contributed by atoms with Crippen molar-refractivity contribution in [3.8, 4) is 11.3 Å². The van der Waals surface area contributed by atoms with E-state index in [1.165, 1.54) is 0 Å². The monoisotopic (exact) mass is 236 g/mol. The molecule has 0 bridgehead atoms. The van der Waals surface area contributed by atoms with Gasteiger partial charge in [-0.05, 0) is 13.0 Å². The molecule has 0 aliphatic heterocycles. The average molecular weight is 237 g/mol. The van der Waals surface area contributed by atoms with E-state index in [1.807, 2.05) is 31.2 Å². The fourth-order valence-electron chi connectivity index (χ4n) is 1.10. The molecule has 1 aromatic carbocycles. The highest BCUT2D eigenvalue weighted by Gasteiger charge is 2.06. The summed E-state index contributed by atoms with van der Waals surface area (Å²) in [5.41, 5.74) is 1.74. The van der Waals surface area contributed by atoms with Crippen LogP contribution >= 0.6 is 15.9 Å². The standard InChI is InChI=1S/C10H7BrNO/c1-7-6-10(12-13-7)8-4-2-3-5-9(8)11/h2-5H,1H3. The lowest BCUT2D eigenvalue weighted by Crippen LogP contribution is -1.77. The van der Waals surface area contributed by atoms with Crippen molar-refractivity contribution in [2.75, 3.05) is 0 Å². The predicted molar refractivity (Wildman–Crippen MR) is 53.2 cm³/mol. The maximum atomic E-state index is 4.95. The van der Waals surface area contributed by atoms with Crippen molar-refractivity contribution >= 4 is 15.9 Å². The zero-order chi connectivity index (χ0) is 9.26. The minimum absolute atomic E-state index is 0.700. The summed E-state index contributed by atoms with van der Waals surface area (Å²) in [5.74, 6) is 0.700. The van der Waals surface area contributed by atoms with Crippen LogP contribution in [0.15, 0.2) is 33.3 Å². The molecule has 0 spiro atoms. The lowest BCUT2D eigenvalue weighted by molar-refractivity contribution is 0.399. The average Bonchev–Trinajstić information content (AvgIpc) is 2.53. The molecule has 2 nitrogen and oxygen atoms in total. The summed E-state index contributed by atoms with van der Waals surface area (Å²) in [6.45, 7) is 1.83. The molecule has 0 aliphatic carbocycles. The fourth-order valence-corrected chi connectivity index (χ4v) is 1.57. The summed E-state index contributed by atoms with van der Waals surface area (Å²) in [6, 6.07) is 10.9. The topological polar surface area (TPSA) is 26.0 Å². The number of benzene rings is 1. The van der Waals surface area contributed by atoms with Crippen molar-refractivity contribution in [3.05, 3.63) is 40.6 Å². The molecule has 0 amide bonds. The van der Waals surface area contributed by atoms with Crippen LogP contribution in [0, 0.1) is 13.0 Å². The molecule has 2 aromatic rings. The van der Waals surface area contributed by atoms with Gasteiger partial charge < -0.3 is 4.52 Å². The SMILES string of the molecule is Cc1[c]c(-c2ccccc2Br)no1. The van der Waals surface area contributed by atoms with Crippen LogP contribution in [0.3, 0.4) is 0 Å². The van der Waals surface area contributed by atoms with E-state index >= 15 is 0 Å². The van der Waals surface area contributed by atoms with E-state index in [-0.39, 0.29) is 0 Å². The maximum absolute atomic E-state index is 4.95. The zero-order valence-electron chi connectivity index (χ0n) is 7.04. The van der Waals surface area contributed by atoms with Gasteiger partial charge in [0.1, 0.15) is 11.5 Å². The van der Waals surface area contributed by atoms with E-state index in [1.54, 1.807) is 0 Å². The van der Waals surface area contributed by atoms with Crippen LogP contribution in [-0.2, 0) is 0 Å². The van der Waals surface area contributed by atoms with Crippen LogP contribution in [-0.4, -0.2) is 5.16 Å². The molecule has 1 radical (unpaired) electrons. The Balaban J connectivity index is 2.52. The van der Waals surface area contributed by atoms with Gasteiger partial charge in [-0.2, -0.15) is 0 Å². The Morgan fingerprint density at radius 1 is 1.38 bits per heavy atom. The van der Waals surface area contributed by atoms with Crippen molar-refractivity contribution in [2.24, 2.45) is 0 Å². The minimum Gasteiger partial charge on any atom is -0.360 e. The van der Waals surface area contributed by atoms with Crippen molar-refractivity contribution in [3.63, 3.8) is 0 Å². The Bertz CT molecular complexity index is 422. The second-order valence-electron chi connectivity index (χ2n) is 2.69. The van der Waals surface area contributed by atoms with Crippen LogP contribution in [0.4, 0.5) is 0 Å². The first-order chi connectivity index (χ1) is 6.27. The second kappa shape index (κ2) is 3.34. The first-order valence-corrected chi connectivity index (χ1v) is 4.67. The molecule has 0 N–H and O–H groups in total. The molecule has 0 aliphatic rings. The molecule has 0 unspecified atom stereocenters. The van der Waals surface area contributed by atoms with Gasteiger partial charge in [0.25, 0.3) is 0 Å². The molecule has 0 atom stereocenters. The number of aryl methyl sites for hydroxylation is 1. The Labute approximate surface area is 84.7 Å². The van der Waals surface area contributed by atoms with Crippen LogP contribution in [0.5, 0.6) is 0 Å². The number of rotatable bonds is 1. The molecule has 2 rings (SSSR count). The van der Waals surface area contributed by atoms with E-state index < -0.39 is 0 Å². The third-order valence-electron chi connectivity index (χ3n) is 1.70. The van der Waals surface area contributed by atoms with Gasteiger partial charge in [0.05, 0.1) is 6.07 Å². The highest BCUT2D eigenvalue weighted by atomic mass is 79.9. The first-order valence-electron chi connectivity index (χ1n) is 3.88. The van der Waals surface area contributed by atoms with E-state index in [2.05, 4.69) is 27.2 Å². The number of halogens is 1. The van der Waals surface area contributed by atoms with Crippen molar-refractivity contribution < 1.29 is 4.52 Å². The summed E-state index contributed by atoms with van der Waals surface area (Å²) in [6.07, 6.45) is 0. The van der Waals surface area contributed by atoms with Gasteiger partial charge in [-0.1, -0.05) is 39.3 Å². The van der Waals surface area contributed by atoms with E-state index in [0.29, 0.717) is 5.76 Å². The lowest BCUT2D eigenvalue weighted by Gasteiger charge is -1.96. The normalized spacial score (nSPS) is 10.3. The maximum Gasteiger partial charge on any atom is 0.142 e. The Morgan fingerprint density at radius 3 is 2.77 bits per heavy atom. The minimum atomic E-state index is 0.700. The Kier molecular flexibility index (Phi) is 2.19. The molecular formula is C10H7BrNO. The Morgan fingerprint density at radius 2 is 2.15 bits per heavy atom. The lowest BCUT2D eigenvalue weighted by atomic mass is 10.1. The first kappa shape index (κ1) is 8.51. The number of nitrogens with zero attached hydrogens (tertiary/aromatic N) is 1. The summed E-state index contributed by atoms with van der Waals surface area (Å²) in [5, 5.41) is 3.89. The summed E-state index contributed by atoms with van der Waals surface area (Å²) >= 11 is 3.44. The number of hydrogen-bond acceptors (Lipinski definition) is 2. The molecule has 0 saturated carbocycles. The van der Waals surface area contributed by atoms with Gasteiger partial charge in [-0.3, -0.25) is 0 Å². The fraction of sp³-hybridized carbons (Fsp3) is 0.100. The highest BCUT2D eigenvalue weighted by Crippen LogP contribution is 2.26. The molecule has 0 fully saturated rings. The number of hydrogen-bond donors (Lipinski definition) is 0. The molecule has 3 heteroatoms. The molecule has 1 heterocycles. The molecule has 0 saturated heterocycles. The third-order valence-corrected chi connectivity index (χ3v) is 2.39. The van der Waals surface area contributed by atoms with Crippen molar-refractivity contribution in [1.82, 2.24) is 5.16 Å². The van der Waals surface area contributed by atoms with Crippen molar-refractivity contribution in [1.29, 1.82) is 0 Å². The summed E-state index contributed by atoms with van der Waals surface area (Å²) in [7, 11) is 0. The molecular weight excluding hydrogens is 230 g/mol. The number of aromatic nitrogens is 1. The smallest absolute Gasteiger partial charge is 0.142 e. The van der Waals surface area contributed by atoms with Crippen LogP contribution in [0.2, 0.25) is 0 Å². The van der Waals surface area contributed by atoms with E-state index in [4.69, 9.17) is 4.52 Å². The van der Waals surface area contributed by atoms with Gasteiger partial charge in [0.15, 0.2) is 0 Å². The summed E-state index contributed by atoms with van der Waals surface area (Å²) in [4.78, 5) is 0. The van der Waals surface area contributed by atoms with Gasteiger partial charge >= 0.3 is 0 Å². The van der Waals surface area contributed by atoms with Crippen LogP contribution in [0.25, 0.3) is 11.3 Å².